The van der Waals surface area contributed by atoms with Crippen molar-refractivity contribution in [2.24, 2.45) is 5.41 Å². The first kappa shape index (κ1) is 28.8. The third kappa shape index (κ3) is 5.62. The third-order valence-electron chi connectivity index (χ3n) is 4.75. The van der Waals surface area contributed by atoms with E-state index in [9.17, 15) is 45.0 Å². The van der Waals surface area contributed by atoms with Crippen LogP contribution in [0.3, 0.4) is 0 Å². The summed E-state index contributed by atoms with van der Waals surface area (Å²) in [5.74, 6) is -3.75. The highest BCUT2D eigenvalue weighted by atomic mass is 127. The molecule has 0 spiro atoms. The molecule has 14 heteroatoms. The highest BCUT2D eigenvalue weighted by molar-refractivity contribution is 14.1. The summed E-state index contributed by atoms with van der Waals surface area (Å²) in [5, 5.41) is 61.7. The molecule has 11 nitrogen and oxygen atoms in total. The standard InChI is InChI=1S/C17H22I3NO10/c1-21-9(26)6-31-12-11(18)10(14(27)28)17(20,3-8(25)5-23)16(13(12)19,15(29)30)2-7(24)4-22/h7-8,22-25H,2-6H2,1H3,(H,21,26)(H,27,28)(H,29,30). The van der Waals surface area contributed by atoms with Gasteiger partial charge in [-0.15, -0.1) is 0 Å². The monoisotopic (exact) mass is 781 g/mol. The van der Waals surface area contributed by atoms with Gasteiger partial charge in [-0.1, -0.05) is 22.6 Å². The van der Waals surface area contributed by atoms with Gasteiger partial charge in [0, 0.05) is 7.05 Å². The number of carboxylic acids is 2. The Hall–Kier alpha value is -0.280. The number of likely N-dealkylation sites (N-methyl/N-ethyl adjacent to an activating group) is 1. The number of halogens is 3. The van der Waals surface area contributed by atoms with Crippen molar-refractivity contribution in [1.82, 2.24) is 5.32 Å². The quantitative estimate of drug-likeness (QED) is 0.110. The Morgan fingerprint density at radius 1 is 1.06 bits per heavy atom. The lowest BCUT2D eigenvalue weighted by atomic mass is 9.63. The van der Waals surface area contributed by atoms with Gasteiger partial charge >= 0.3 is 11.9 Å². The van der Waals surface area contributed by atoms with Gasteiger partial charge in [0.15, 0.2) is 6.61 Å². The lowest BCUT2D eigenvalue weighted by Crippen LogP contribution is -2.57. The average Bonchev–Trinajstić information content (AvgIpc) is 2.69. The largest absolute Gasteiger partial charge is 0.482 e. The van der Waals surface area contributed by atoms with Crippen molar-refractivity contribution in [3.63, 3.8) is 0 Å². The van der Waals surface area contributed by atoms with E-state index in [1.165, 1.54) is 7.05 Å². The highest BCUT2D eigenvalue weighted by Gasteiger charge is 2.65. The average molecular weight is 781 g/mol. The SMILES string of the molecule is CNC(=O)COC1=C(I)C(CC(O)CO)(C(=O)O)C(I)(CC(O)CO)C(C(=O)O)=C1I. The van der Waals surface area contributed by atoms with Crippen LogP contribution >= 0.6 is 67.8 Å². The summed E-state index contributed by atoms with van der Waals surface area (Å²) in [5.41, 5.74) is -2.60. The van der Waals surface area contributed by atoms with Crippen LogP contribution in [0.25, 0.3) is 0 Å². The van der Waals surface area contributed by atoms with Gasteiger partial charge in [-0.2, -0.15) is 0 Å². The summed E-state index contributed by atoms with van der Waals surface area (Å²) in [7, 11) is 1.36. The Balaban J connectivity index is 3.96. The van der Waals surface area contributed by atoms with E-state index in [1.54, 1.807) is 67.8 Å². The Bertz CT molecular complexity index is 801. The van der Waals surface area contributed by atoms with Crippen LogP contribution in [0, 0.1) is 5.41 Å². The van der Waals surface area contributed by atoms with Crippen LogP contribution in [-0.4, -0.2) is 91.0 Å². The van der Waals surface area contributed by atoms with Crippen molar-refractivity contribution in [1.29, 1.82) is 0 Å². The predicted molar refractivity (Wildman–Crippen MR) is 132 cm³/mol. The third-order valence-corrected chi connectivity index (χ3v) is 9.09. The molecular formula is C17H22I3NO10. The van der Waals surface area contributed by atoms with Gasteiger partial charge in [0.2, 0.25) is 0 Å². The number of alkyl halides is 1. The van der Waals surface area contributed by atoms with E-state index in [4.69, 9.17) is 4.74 Å². The molecule has 1 rings (SSSR count). The molecule has 4 atom stereocenters. The molecule has 176 valence electrons. The number of aliphatic carboxylic acids is 2. The van der Waals surface area contributed by atoms with Gasteiger partial charge < -0.3 is 40.7 Å². The first-order valence-corrected chi connectivity index (χ1v) is 11.9. The maximum absolute atomic E-state index is 12.7. The molecule has 0 aromatic rings. The number of nitrogens with one attached hydrogen (secondary N) is 1. The minimum atomic E-state index is -2.17. The number of aliphatic hydroxyl groups excluding tert-OH is 4. The molecule has 0 aromatic carbocycles. The van der Waals surface area contributed by atoms with Gasteiger partial charge in [0.25, 0.3) is 5.91 Å². The molecule has 0 fully saturated rings. The van der Waals surface area contributed by atoms with Gasteiger partial charge in [0.1, 0.15) is 11.2 Å². The van der Waals surface area contributed by atoms with E-state index in [2.05, 4.69) is 5.32 Å². The Morgan fingerprint density at radius 2 is 1.58 bits per heavy atom. The highest BCUT2D eigenvalue weighted by Crippen LogP contribution is 2.62. The van der Waals surface area contributed by atoms with Crippen LogP contribution in [0.15, 0.2) is 18.5 Å². The van der Waals surface area contributed by atoms with Crippen LogP contribution in [-0.2, 0) is 19.1 Å². The second-order valence-corrected chi connectivity index (χ2v) is 10.7. The van der Waals surface area contributed by atoms with Gasteiger partial charge in [-0.25, -0.2) is 4.79 Å². The van der Waals surface area contributed by atoms with E-state index in [0.717, 1.165) is 0 Å². The van der Waals surface area contributed by atoms with Crippen molar-refractivity contribution < 1.29 is 49.8 Å². The second-order valence-electron chi connectivity index (χ2n) is 6.69. The molecular weight excluding hydrogens is 759 g/mol. The summed E-state index contributed by atoms with van der Waals surface area (Å²) in [6, 6.07) is 0. The minimum absolute atomic E-state index is 0.00769. The van der Waals surface area contributed by atoms with Crippen LogP contribution in [0.5, 0.6) is 0 Å². The molecule has 1 amide bonds. The number of allylic oxidation sites excluding steroid dienone is 1. The Kier molecular flexibility index (Phi) is 10.9. The fraction of sp³-hybridized carbons (Fsp3) is 0.588. The van der Waals surface area contributed by atoms with E-state index in [-0.39, 0.29) is 12.9 Å². The fourth-order valence-electron chi connectivity index (χ4n) is 3.25. The van der Waals surface area contributed by atoms with Crippen molar-refractivity contribution in [3.8, 4) is 0 Å². The zero-order valence-corrected chi connectivity index (χ0v) is 22.6. The summed E-state index contributed by atoms with van der Waals surface area (Å²) in [4.78, 5) is 36.7. The number of carboxylic acid groups (broad SMARTS) is 2. The van der Waals surface area contributed by atoms with E-state index < -0.39 is 77.1 Å². The zero-order valence-electron chi connectivity index (χ0n) is 16.1. The maximum atomic E-state index is 12.7. The summed E-state index contributed by atoms with van der Waals surface area (Å²) in [6.07, 6.45) is -4.13. The topological polar surface area (TPSA) is 194 Å². The lowest BCUT2D eigenvalue weighted by molar-refractivity contribution is -0.150. The summed E-state index contributed by atoms with van der Waals surface area (Å²) >= 11 is 4.93. The second kappa shape index (κ2) is 11.7. The van der Waals surface area contributed by atoms with E-state index >= 15 is 0 Å². The predicted octanol–water partition coefficient (Wildman–Crippen LogP) is -0.0857. The van der Waals surface area contributed by atoms with Gasteiger partial charge in [0.05, 0.1) is 41.6 Å². The summed E-state index contributed by atoms with van der Waals surface area (Å²) in [6.45, 7) is -2.08. The molecule has 0 aliphatic heterocycles. The van der Waals surface area contributed by atoms with Crippen LogP contribution < -0.4 is 5.32 Å². The van der Waals surface area contributed by atoms with Gasteiger partial charge in [-0.05, 0) is 58.0 Å². The number of ether oxygens (including phenoxy) is 1. The summed E-state index contributed by atoms with van der Waals surface area (Å²) < 4.78 is 3.61. The van der Waals surface area contributed by atoms with Crippen molar-refractivity contribution in [3.05, 3.63) is 18.5 Å². The van der Waals surface area contributed by atoms with Crippen LogP contribution in [0.4, 0.5) is 0 Å². The van der Waals surface area contributed by atoms with Crippen molar-refractivity contribution in [2.75, 3.05) is 26.9 Å². The molecule has 0 aromatic heterocycles. The van der Waals surface area contributed by atoms with Crippen LogP contribution in [0.1, 0.15) is 12.8 Å². The minimum Gasteiger partial charge on any atom is -0.482 e. The molecule has 31 heavy (non-hydrogen) atoms. The molecule has 0 heterocycles. The molecule has 1 aliphatic rings. The maximum Gasteiger partial charge on any atom is 0.334 e. The molecule has 1 aliphatic carbocycles. The first-order valence-electron chi connectivity index (χ1n) is 8.71. The number of aliphatic hydroxyl groups is 4. The first-order chi connectivity index (χ1) is 14.3. The van der Waals surface area contributed by atoms with Crippen LogP contribution in [0.2, 0.25) is 0 Å². The smallest absolute Gasteiger partial charge is 0.334 e. The molecule has 0 bridgehead atoms. The number of carbonyl (C=O) groups excluding carboxylic acids is 1. The van der Waals surface area contributed by atoms with E-state index in [1.807, 2.05) is 0 Å². The fourth-order valence-corrected chi connectivity index (χ4v) is 8.98. The normalized spacial score (nSPS) is 25.8. The lowest BCUT2D eigenvalue weighted by Gasteiger charge is -2.49. The Morgan fingerprint density at radius 3 is 2.00 bits per heavy atom. The molecule has 7 N–H and O–H groups in total. The molecule has 0 radical (unpaired) electrons. The molecule has 0 saturated heterocycles. The number of rotatable bonds is 11. The van der Waals surface area contributed by atoms with Crippen molar-refractivity contribution >= 4 is 85.6 Å². The molecule has 4 unspecified atom stereocenters. The van der Waals surface area contributed by atoms with E-state index in [0.29, 0.717) is 0 Å². The van der Waals surface area contributed by atoms with Gasteiger partial charge in [-0.3, -0.25) is 9.59 Å². The number of hydrogen-bond donors (Lipinski definition) is 7. The van der Waals surface area contributed by atoms with Crippen molar-refractivity contribution in [2.45, 2.75) is 28.5 Å². The number of hydrogen-bond acceptors (Lipinski definition) is 8. The zero-order chi connectivity index (χ0) is 24.1. The molecule has 0 saturated carbocycles. The Labute approximate surface area is 218 Å². The number of amides is 1. The number of carbonyl (C=O) groups is 3.